The third kappa shape index (κ3) is 3.40. The zero-order valence-corrected chi connectivity index (χ0v) is 12.2. The lowest BCUT2D eigenvalue weighted by Gasteiger charge is -2.34. The van der Waals surface area contributed by atoms with Crippen molar-refractivity contribution in [1.29, 1.82) is 0 Å². The first-order valence-electron chi connectivity index (χ1n) is 6.90. The zero-order valence-electron chi connectivity index (χ0n) is 12.2. The van der Waals surface area contributed by atoms with Gasteiger partial charge in [-0.1, -0.05) is 0 Å². The number of carboxylic acids is 1. The lowest BCUT2D eigenvalue weighted by Crippen LogP contribution is -2.55. The van der Waals surface area contributed by atoms with Crippen LogP contribution >= 0.6 is 0 Å². The highest BCUT2D eigenvalue weighted by molar-refractivity contribution is 5.88. The van der Waals surface area contributed by atoms with E-state index in [1.54, 1.807) is 14.0 Å². The van der Waals surface area contributed by atoms with Gasteiger partial charge in [-0.15, -0.1) is 0 Å². The van der Waals surface area contributed by atoms with E-state index < -0.39 is 12.0 Å². The molecule has 0 spiro atoms. The minimum atomic E-state index is -1.01. The SMILES string of the molecule is CCOC(=O)C1CNCCN1Cc1c(C(=O)O)cnn1C. The number of ether oxygens (including phenoxy) is 1. The fourth-order valence-corrected chi connectivity index (χ4v) is 2.43. The normalized spacial score (nSPS) is 19.4. The van der Waals surface area contributed by atoms with Crippen molar-refractivity contribution in [3.63, 3.8) is 0 Å². The number of esters is 1. The summed E-state index contributed by atoms with van der Waals surface area (Å²) in [6.07, 6.45) is 1.33. The first-order valence-corrected chi connectivity index (χ1v) is 6.90. The molecule has 0 aromatic carbocycles. The van der Waals surface area contributed by atoms with Gasteiger partial charge in [-0.2, -0.15) is 5.10 Å². The van der Waals surface area contributed by atoms with Crippen LogP contribution in [0.3, 0.4) is 0 Å². The number of nitrogens with one attached hydrogen (secondary N) is 1. The number of nitrogens with zero attached hydrogens (tertiary/aromatic N) is 3. The molecule has 1 aliphatic heterocycles. The summed E-state index contributed by atoms with van der Waals surface area (Å²) in [5.41, 5.74) is 0.748. The van der Waals surface area contributed by atoms with Crippen LogP contribution < -0.4 is 5.32 Å². The van der Waals surface area contributed by atoms with Gasteiger partial charge >= 0.3 is 11.9 Å². The molecule has 1 atom stereocenters. The van der Waals surface area contributed by atoms with E-state index in [1.165, 1.54) is 10.9 Å². The van der Waals surface area contributed by atoms with Crippen LogP contribution in [0.15, 0.2) is 6.20 Å². The number of aryl methyl sites for hydroxylation is 1. The topological polar surface area (TPSA) is 96.7 Å². The molecule has 0 saturated carbocycles. The number of aromatic carboxylic acids is 1. The Morgan fingerprint density at radius 1 is 1.57 bits per heavy atom. The van der Waals surface area contributed by atoms with Gasteiger partial charge in [-0.05, 0) is 6.92 Å². The Kier molecular flexibility index (Phi) is 4.92. The van der Waals surface area contributed by atoms with Gasteiger partial charge in [0, 0.05) is 33.2 Å². The number of rotatable bonds is 5. The average Bonchev–Trinajstić information content (AvgIpc) is 2.81. The standard InChI is InChI=1S/C13H20N4O4/c1-3-21-13(20)10-7-14-4-5-17(10)8-11-9(12(18)19)6-15-16(11)2/h6,10,14H,3-5,7-8H2,1-2H3,(H,18,19). The smallest absolute Gasteiger partial charge is 0.339 e. The molecule has 2 heterocycles. The lowest BCUT2D eigenvalue weighted by molar-refractivity contribution is -0.150. The van der Waals surface area contributed by atoms with E-state index in [0.29, 0.717) is 31.9 Å². The van der Waals surface area contributed by atoms with Crippen molar-refractivity contribution < 1.29 is 19.4 Å². The first-order chi connectivity index (χ1) is 10.0. The van der Waals surface area contributed by atoms with Crippen molar-refractivity contribution in [1.82, 2.24) is 20.0 Å². The van der Waals surface area contributed by atoms with Crippen LogP contribution in [0, 0.1) is 0 Å². The van der Waals surface area contributed by atoms with Gasteiger partial charge < -0.3 is 15.2 Å². The van der Waals surface area contributed by atoms with E-state index in [2.05, 4.69) is 10.4 Å². The summed E-state index contributed by atoms with van der Waals surface area (Å²) in [6.45, 7) is 4.34. The van der Waals surface area contributed by atoms with Crippen LogP contribution in [-0.2, 0) is 23.1 Å². The van der Waals surface area contributed by atoms with Crippen molar-refractivity contribution in [3.05, 3.63) is 17.5 Å². The molecule has 1 unspecified atom stereocenters. The molecule has 1 saturated heterocycles. The van der Waals surface area contributed by atoms with E-state index in [-0.39, 0.29) is 11.5 Å². The fourth-order valence-electron chi connectivity index (χ4n) is 2.43. The lowest BCUT2D eigenvalue weighted by atomic mass is 10.1. The molecular formula is C13H20N4O4. The molecule has 8 nitrogen and oxygen atoms in total. The first kappa shape index (κ1) is 15.5. The largest absolute Gasteiger partial charge is 0.478 e. The minimum Gasteiger partial charge on any atom is -0.478 e. The number of piperazine rings is 1. The Labute approximate surface area is 122 Å². The second-order valence-corrected chi connectivity index (χ2v) is 4.88. The van der Waals surface area contributed by atoms with Crippen LogP contribution in [0.1, 0.15) is 23.0 Å². The molecule has 8 heteroatoms. The van der Waals surface area contributed by atoms with Gasteiger partial charge in [-0.3, -0.25) is 14.4 Å². The Bertz CT molecular complexity index is 528. The van der Waals surface area contributed by atoms with Crippen LogP contribution in [0.2, 0.25) is 0 Å². The van der Waals surface area contributed by atoms with E-state index in [4.69, 9.17) is 4.74 Å². The van der Waals surface area contributed by atoms with Gasteiger partial charge in [0.1, 0.15) is 11.6 Å². The van der Waals surface area contributed by atoms with Crippen molar-refractivity contribution in [2.75, 3.05) is 26.2 Å². The van der Waals surface area contributed by atoms with Gasteiger partial charge in [0.05, 0.1) is 18.5 Å². The number of carboxylic acid groups (broad SMARTS) is 1. The van der Waals surface area contributed by atoms with Crippen LogP contribution in [0.5, 0.6) is 0 Å². The summed E-state index contributed by atoms with van der Waals surface area (Å²) in [5.74, 6) is -1.30. The summed E-state index contributed by atoms with van der Waals surface area (Å²) in [7, 11) is 1.70. The van der Waals surface area contributed by atoms with Crippen molar-refractivity contribution in [2.45, 2.75) is 19.5 Å². The molecule has 116 valence electrons. The predicted octanol–water partition coefficient (Wildman–Crippen LogP) is -0.545. The zero-order chi connectivity index (χ0) is 15.4. The van der Waals surface area contributed by atoms with Gasteiger partial charge in [-0.25, -0.2) is 4.79 Å². The van der Waals surface area contributed by atoms with Crippen molar-refractivity contribution >= 4 is 11.9 Å². The summed E-state index contributed by atoms with van der Waals surface area (Å²) in [6, 6.07) is -0.407. The third-order valence-corrected chi connectivity index (χ3v) is 3.56. The Morgan fingerprint density at radius 2 is 2.33 bits per heavy atom. The molecule has 0 amide bonds. The van der Waals surface area contributed by atoms with Gasteiger partial charge in [0.15, 0.2) is 0 Å². The summed E-state index contributed by atoms with van der Waals surface area (Å²) >= 11 is 0. The number of hydrogen-bond acceptors (Lipinski definition) is 6. The second-order valence-electron chi connectivity index (χ2n) is 4.88. The predicted molar refractivity (Wildman–Crippen MR) is 73.9 cm³/mol. The van der Waals surface area contributed by atoms with Gasteiger partial charge in [0.25, 0.3) is 0 Å². The summed E-state index contributed by atoms with van der Waals surface area (Å²) in [5, 5.41) is 16.3. The molecule has 1 aromatic heterocycles. The van der Waals surface area contributed by atoms with Crippen LogP contribution in [-0.4, -0.2) is 64.0 Å². The average molecular weight is 296 g/mol. The maximum absolute atomic E-state index is 12.0. The fraction of sp³-hybridized carbons (Fsp3) is 0.615. The molecule has 2 N–H and O–H groups in total. The van der Waals surface area contributed by atoms with Crippen molar-refractivity contribution in [3.8, 4) is 0 Å². The maximum atomic E-state index is 12.0. The second kappa shape index (κ2) is 6.68. The third-order valence-electron chi connectivity index (χ3n) is 3.56. The molecule has 1 fully saturated rings. The van der Waals surface area contributed by atoms with Gasteiger partial charge in [0.2, 0.25) is 0 Å². The Morgan fingerprint density at radius 3 is 3.00 bits per heavy atom. The monoisotopic (exact) mass is 296 g/mol. The highest BCUT2D eigenvalue weighted by atomic mass is 16.5. The molecule has 0 aliphatic carbocycles. The minimum absolute atomic E-state index is 0.165. The van der Waals surface area contributed by atoms with E-state index in [9.17, 15) is 14.7 Å². The van der Waals surface area contributed by atoms with E-state index in [0.717, 1.165) is 6.54 Å². The quantitative estimate of drug-likeness (QED) is 0.704. The highest BCUT2D eigenvalue weighted by Gasteiger charge is 2.31. The molecule has 21 heavy (non-hydrogen) atoms. The number of carbonyl (C=O) groups excluding carboxylic acids is 1. The molecular weight excluding hydrogens is 276 g/mol. The maximum Gasteiger partial charge on any atom is 0.339 e. The van der Waals surface area contributed by atoms with Crippen LogP contribution in [0.4, 0.5) is 0 Å². The number of carbonyl (C=O) groups is 2. The van der Waals surface area contributed by atoms with E-state index in [1.807, 2.05) is 4.90 Å². The molecule has 0 bridgehead atoms. The van der Waals surface area contributed by atoms with Crippen LogP contribution in [0.25, 0.3) is 0 Å². The summed E-state index contributed by atoms with van der Waals surface area (Å²) in [4.78, 5) is 25.1. The van der Waals surface area contributed by atoms with Crippen molar-refractivity contribution in [2.24, 2.45) is 7.05 Å². The number of aromatic nitrogens is 2. The molecule has 1 aromatic rings. The Hall–Kier alpha value is -1.93. The van der Waals surface area contributed by atoms with E-state index >= 15 is 0 Å². The molecule has 2 rings (SSSR count). The summed E-state index contributed by atoms with van der Waals surface area (Å²) < 4.78 is 6.61. The Balaban J connectivity index is 2.18. The molecule has 0 radical (unpaired) electrons. The number of hydrogen-bond donors (Lipinski definition) is 2. The highest BCUT2D eigenvalue weighted by Crippen LogP contribution is 2.15. The molecule has 1 aliphatic rings.